The van der Waals surface area contributed by atoms with Gasteiger partial charge in [0.1, 0.15) is 0 Å². The van der Waals surface area contributed by atoms with Gasteiger partial charge in [-0.15, -0.1) is 0 Å². The lowest BCUT2D eigenvalue weighted by Gasteiger charge is -2.32. The summed E-state index contributed by atoms with van der Waals surface area (Å²) in [6, 6.07) is 14.7. The van der Waals surface area contributed by atoms with Crippen LogP contribution in [0.15, 0.2) is 54.6 Å². The molecule has 237 valence electrons. The molecule has 1 aliphatic rings. The minimum Gasteiger partial charge on any atom is -0.399 e. The molecule has 11 heteroatoms. The zero-order chi connectivity index (χ0) is 33.3. The van der Waals surface area contributed by atoms with Gasteiger partial charge < -0.3 is 13.5 Å². The molecule has 3 aromatic rings. The van der Waals surface area contributed by atoms with Crippen LogP contribution in [0.5, 0.6) is 11.5 Å². The van der Waals surface area contributed by atoms with Gasteiger partial charge in [-0.25, -0.2) is 0 Å². The van der Waals surface area contributed by atoms with Gasteiger partial charge in [0, 0.05) is 16.7 Å². The molecule has 0 amide bonds. The highest BCUT2D eigenvalue weighted by atomic mass is 32.2. The number of benzene rings is 3. The number of halogens is 3. The zero-order valence-corrected chi connectivity index (χ0v) is 27.6. The minimum atomic E-state index is -5.94. The molecule has 0 unspecified atom stereocenters. The van der Waals surface area contributed by atoms with Crippen molar-refractivity contribution in [3.05, 3.63) is 65.7 Å². The van der Waals surface area contributed by atoms with Crippen LogP contribution in [-0.4, -0.2) is 32.2 Å². The fourth-order valence-electron chi connectivity index (χ4n) is 4.89. The summed E-state index contributed by atoms with van der Waals surface area (Å²) >= 11 is 0. The first-order valence-corrected chi connectivity index (χ1v) is 15.7. The number of alkyl halides is 3. The predicted octanol–water partition coefficient (Wildman–Crippen LogP) is 8.29. The summed E-state index contributed by atoms with van der Waals surface area (Å²) in [5.74, 6) is -0.492. The van der Waals surface area contributed by atoms with Crippen LogP contribution in [0.2, 0.25) is 0 Å². The van der Waals surface area contributed by atoms with Crippen molar-refractivity contribution in [3.8, 4) is 33.8 Å². The molecule has 3 aromatic carbocycles. The maximum Gasteiger partial charge on any atom is 0.534 e. The fraction of sp³-hybridized carbons (Fsp3) is 0.455. The highest BCUT2D eigenvalue weighted by Crippen LogP contribution is 2.43. The molecule has 44 heavy (non-hydrogen) atoms. The molecule has 1 aliphatic heterocycles. The first-order chi connectivity index (χ1) is 19.8. The lowest BCUT2D eigenvalue weighted by Crippen LogP contribution is -2.41. The third-order valence-corrected chi connectivity index (χ3v) is 9.21. The molecule has 1 radical (unpaired) electrons. The quantitative estimate of drug-likeness (QED) is 0.161. The van der Waals surface area contributed by atoms with Crippen molar-refractivity contribution in [1.29, 1.82) is 0 Å². The Morgan fingerprint density at radius 1 is 0.705 bits per heavy atom. The van der Waals surface area contributed by atoms with Gasteiger partial charge in [-0.1, -0.05) is 77.9 Å². The van der Waals surface area contributed by atoms with Crippen LogP contribution in [0.1, 0.15) is 80.4 Å². The van der Waals surface area contributed by atoms with E-state index in [1.165, 1.54) is 18.2 Å². The van der Waals surface area contributed by atoms with Crippen LogP contribution in [0.25, 0.3) is 22.3 Å². The van der Waals surface area contributed by atoms with Gasteiger partial charge in [-0.2, -0.15) is 21.6 Å². The molecule has 0 saturated carbocycles. The van der Waals surface area contributed by atoms with Crippen LogP contribution >= 0.6 is 0 Å². The molecule has 1 heterocycles. The van der Waals surface area contributed by atoms with Crippen molar-refractivity contribution in [2.24, 2.45) is 0 Å². The topological polar surface area (TPSA) is 81.7 Å². The Bertz CT molecular complexity index is 1610. The summed E-state index contributed by atoms with van der Waals surface area (Å²) < 4.78 is 80.6. The van der Waals surface area contributed by atoms with E-state index in [1.54, 1.807) is 24.3 Å². The molecule has 0 atom stereocenters. The summed E-state index contributed by atoms with van der Waals surface area (Å²) in [5, 5.41) is 13.4. The maximum atomic E-state index is 13.4. The van der Waals surface area contributed by atoms with Gasteiger partial charge in [0.05, 0.1) is 11.2 Å². The monoisotopic (exact) mass is 631 g/mol. The lowest BCUT2D eigenvalue weighted by molar-refractivity contribution is -0.0499. The van der Waals surface area contributed by atoms with Gasteiger partial charge in [-0.05, 0) is 78.9 Å². The van der Waals surface area contributed by atoms with E-state index in [4.69, 9.17) is 9.31 Å². The molecule has 0 spiro atoms. The molecule has 1 fully saturated rings. The molecule has 0 N–H and O–H groups in total. The Hall–Kier alpha value is -3.02. The second-order valence-corrected chi connectivity index (χ2v) is 15.8. The van der Waals surface area contributed by atoms with Gasteiger partial charge in [0.2, 0.25) is 0 Å². The predicted molar refractivity (Wildman–Crippen MR) is 166 cm³/mol. The highest BCUT2D eigenvalue weighted by Gasteiger charge is 2.52. The van der Waals surface area contributed by atoms with E-state index in [0.717, 1.165) is 11.1 Å². The molecule has 4 rings (SSSR count). The van der Waals surface area contributed by atoms with Crippen LogP contribution in [-0.2, 0) is 35.4 Å². The summed E-state index contributed by atoms with van der Waals surface area (Å²) in [4.78, 5) is 0. The summed E-state index contributed by atoms with van der Waals surface area (Å²) in [6.45, 7) is 19.4. The Labute approximate surface area is 258 Å². The Kier molecular flexibility index (Phi) is 8.32. The lowest BCUT2D eigenvalue weighted by atomic mass is 9.77. The first kappa shape index (κ1) is 33.9. The minimum absolute atomic E-state index is 0.00226. The van der Waals surface area contributed by atoms with Crippen LogP contribution < -0.4 is 9.65 Å². The second-order valence-electron chi connectivity index (χ2n) is 14.3. The normalized spacial score (nSPS) is 17.2. The average Bonchev–Trinajstić information content (AvgIpc) is 3.08. The third kappa shape index (κ3) is 6.51. The summed E-state index contributed by atoms with van der Waals surface area (Å²) in [6.07, 6.45) is 0. The Balaban J connectivity index is 1.83. The van der Waals surface area contributed by atoms with Crippen molar-refractivity contribution in [3.63, 3.8) is 0 Å². The smallest absolute Gasteiger partial charge is 0.399 e. The van der Waals surface area contributed by atoms with Gasteiger partial charge in [0.15, 0.2) is 11.5 Å². The average molecular weight is 632 g/mol. The van der Waals surface area contributed by atoms with Crippen LogP contribution in [0.4, 0.5) is 13.2 Å². The molecule has 6 nitrogen and oxygen atoms in total. The highest BCUT2D eigenvalue weighted by molar-refractivity contribution is 7.88. The molecule has 0 aromatic heterocycles. The summed E-state index contributed by atoms with van der Waals surface area (Å²) in [5.41, 5.74) is -3.84. The zero-order valence-electron chi connectivity index (χ0n) is 26.8. The van der Waals surface area contributed by atoms with E-state index in [-0.39, 0.29) is 11.3 Å². The molecule has 0 bridgehead atoms. The van der Waals surface area contributed by atoms with Crippen molar-refractivity contribution >= 4 is 22.7 Å². The number of hydrogen-bond donors (Lipinski definition) is 0. The van der Waals surface area contributed by atoms with E-state index >= 15 is 0 Å². The van der Waals surface area contributed by atoms with E-state index in [0.29, 0.717) is 22.2 Å². The Morgan fingerprint density at radius 2 is 1.16 bits per heavy atom. The summed E-state index contributed by atoms with van der Waals surface area (Å²) in [7, 11) is -6.78. The van der Waals surface area contributed by atoms with E-state index < -0.39 is 50.5 Å². The largest absolute Gasteiger partial charge is 0.534 e. The molecule has 0 aliphatic carbocycles. The van der Waals surface area contributed by atoms with Crippen LogP contribution in [0, 0.1) is 0 Å². The van der Waals surface area contributed by atoms with Crippen molar-refractivity contribution in [2.75, 3.05) is 0 Å². The van der Waals surface area contributed by atoms with Crippen LogP contribution in [0.3, 0.4) is 0 Å². The van der Waals surface area contributed by atoms with E-state index in [2.05, 4.69) is 4.18 Å². The van der Waals surface area contributed by atoms with Gasteiger partial charge in [0.25, 0.3) is 0 Å². The fourth-order valence-corrected chi connectivity index (χ4v) is 5.37. The SMILES string of the molecule is CC(C)(C)c1cc(-c2ccc(-c3cc(B4OC(C)(C)C(C)(C)O4)ccc3OS(=O)(=O)C(F)(F)F)cc2)cc(C(C)(C)C)c1[O]. The number of rotatable bonds is 5. The third-order valence-electron chi connectivity index (χ3n) is 8.25. The van der Waals surface area contributed by atoms with Crippen molar-refractivity contribution in [2.45, 2.75) is 96.8 Å². The number of hydrogen-bond acceptors (Lipinski definition) is 5. The van der Waals surface area contributed by atoms with Crippen molar-refractivity contribution < 1.29 is 40.2 Å². The molecular weight excluding hydrogens is 592 g/mol. The van der Waals surface area contributed by atoms with E-state index in [1.807, 2.05) is 81.4 Å². The first-order valence-electron chi connectivity index (χ1n) is 14.3. The second kappa shape index (κ2) is 10.8. The maximum absolute atomic E-state index is 13.4. The molecule has 1 saturated heterocycles. The standard InChI is InChI=1S/C33H39BF3O6S/c1-29(2,3)25-17-22(18-26(28(25)38)30(4,5)6)20-11-13-21(14-12-20)24-19-23(34-42-31(7,8)32(9,10)43-34)15-16-27(24)41-44(39,40)33(35,36)37/h11-19H,1-10H3. The van der Waals surface area contributed by atoms with Gasteiger partial charge in [-0.3, -0.25) is 5.11 Å². The van der Waals surface area contributed by atoms with Crippen molar-refractivity contribution in [1.82, 2.24) is 0 Å². The molecular formula is C33H39BF3O6S. The van der Waals surface area contributed by atoms with E-state index in [9.17, 15) is 26.7 Å². The Morgan fingerprint density at radius 3 is 1.59 bits per heavy atom. The van der Waals surface area contributed by atoms with Gasteiger partial charge >= 0.3 is 22.7 Å².